The SMILES string of the molecule is Cc1ccsc1C(=O)N1CCn2c(nnc2[C@@H]2CCCCN2S(C)(=O)=O)C1. The Morgan fingerprint density at radius 3 is 2.74 bits per heavy atom. The van der Waals surface area contributed by atoms with Crippen molar-refractivity contribution < 1.29 is 13.2 Å². The van der Waals surface area contributed by atoms with Gasteiger partial charge in [0.1, 0.15) is 0 Å². The van der Waals surface area contributed by atoms with Crippen molar-refractivity contribution in [2.45, 2.75) is 45.3 Å². The van der Waals surface area contributed by atoms with Crippen molar-refractivity contribution in [3.63, 3.8) is 0 Å². The van der Waals surface area contributed by atoms with Crippen LogP contribution < -0.4 is 0 Å². The molecular formula is C17H23N5O3S2. The molecule has 0 unspecified atom stereocenters. The Labute approximate surface area is 162 Å². The summed E-state index contributed by atoms with van der Waals surface area (Å²) in [5.41, 5.74) is 0.990. The van der Waals surface area contributed by atoms with Crippen molar-refractivity contribution in [2.75, 3.05) is 19.3 Å². The minimum absolute atomic E-state index is 0.0220. The minimum Gasteiger partial charge on any atom is -0.329 e. The molecule has 0 bridgehead atoms. The highest BCUT2D eigenvalue weighted by Crippen LogP contribution is 2.33. The van der Waals surface area contributed by atoms with Crippen LogP contribution in [0.5, 0.6) is 0 Å². The molecule has 1 fully saturated rings. The summed E-state index contributed by atoms with van der Waals surface area (Å²) in [6.45, 7) is 4.02. The zero-order valence-electron chi connectivity index (χ0n) is 15.5. The van der Waals surface area contributed by atoms with E-state index in [4.69, 9.17) is 0 Å². The predicted octanol–water partition coefficient (Wildman–Crippen LogP) is 1.79. The van der Waals surface area contributed by atoms with Gasteiger partial charge >= 0.3 is 0 Å². The lowest BCUT2D eigenvalue weighted by Gasteiger charge is -2.34. The van der Waals surface area contributed by atoms with Crippen LogP contribution in [0.15, 0.2) is 11.4 Å². The second-order valence-electron chi connectivity index (χ2n) is 7.17. The normalized spacial score (nSPS) is 21.3. The molecule has 2 aliphatic heterocycles. The van der Waals surface area contributed by atoms with Gasteiger partial charge in [0.05, 0.1) is 23.7 Å². The Morgan fingerprint density at radius 2 is 2.04 bits per heavy atom. The molecule has 0 spiro atoms. The van der Waals surface area contributed by atoms with Gasteiger partial charge in [0.2, 0.25) is 10.0 Å². The molecule has 27 heavy (non-hydrogen) atoms. The molecule has 10 heteroatoms. The van der Waals surface area contributed by atoms with Crippen LogP contribution in [0.25, 0.3) is 0 Å². The van der Waals surface area contributed by atoms with E-state index in [1.807, 2.05) is 22.9 Å². The summed E-state index contributed by atoms with van der Waals surface area (Å²) in [6.07, 6.45) is 3.85. The highest BCUT2D eigenvalue weighted by molar-refractivity contribution is 7.88. The monoisotopic (exact) mass is 409 g/mol. The van der Waals surface area contributed by atoms with Gasteiger partial charge in [-0.3, -0.25) is 4.79 Å². The van der Waals surface area contributed by atoms with E-state index in [1.54, 1.807) is 9.21 Å². The van der Waals surface area contributed by atoms with Crippen LogP contribution >= 0.6 is 11.3 Å². The van der Waals surface area contributed by atoms with Gasteiger partial charge in [0, 0.05) is 19.6 Å². The number of amides is 1. The molecule has 4 rings (SSSR count). The van der Waals surface area contributed by atoms with E-state index >= 15 is 0 Å². The van der Waals surface area contributed by atoms with Crippen LogP contribution in [0.1, 0.15) is 52.2 Å². The van der Waals surface area contributed by atoms with Crippen LogP contribution in [0.3, 0.4) is 0 Å². The lowest BCUT2D eigenvalue weighted by molar-refractivity contribution is 0.0709. The van der Waals surface area contributed by atoms with Crippen molar-refractivity contribution in [1.29, 1.82) is 0 Å². The molecule has 1 saturated heterocycles. The third-order valence-electron chi connectivity index (χ3n) is 5.30. The zero-order valence-corrected chi connectivity index (χ0v) is 17.1. The molecule has 0 aromatic carbocycles. The number of carbonyl (C=O) groups excluding carboxylic acids is 1. The van der Waals surface area contributed by atoms with E-state index in [9.17, 15) is 13.2 Å². The van der Waals surface area contributed by atoms with Crippen molar-refractivity contribution in [2.24, 2.45) is 0 Å². The summed E-state index contributed by atoms with van der Waals surface area (Å²) in [5, 5.41) is 10.5. The van der Waals surface area contributed by atoms with Gasteiger partial charge < -0.3 is 9.47 Å². The number of sulfonamides is 1. The minimum atomic E-state index is -3.30. The van der Waals surface area contributed by atoms with Gasteiger partial charge in [-0.15, -0.1) is 21.5 Å². The number of rotatable bonds is 3. The Balaban J connectivity index is 1.58. The number of piperidine rings is 1. The van der Waals surface area contributed by atoms with Gasteiger partial charge in [0.15, 0.2) is 11.6 Å². The Bertz CT molecular complexity index is 965. The first-order valence-corrected chi connectivity index (χ1v) is 11.8. The maximum Gasteiger partial charge on any atom is 0.264 e. The number of hydrogen-bond donors (Lipinski definition) is 0. The molecule has 1 amide bonds. The quantitative estimate of drug-likeness (QED) is 0.771. The summed E-state index contributed by atoms with van der Waals surface area (Å²) in [7, 11) is -3.30. The van der Waals surface area contributed by atoms with Crippen LogP contribution in [-0.4, -0.2) is 57.6 Å². The third-order valence-corrected chi connectivity index (χ3v) is 7.60. The van der Waals surface area contributed by atoms with E-state index < -0.39 is 10.0 Å². The molecule has 2 aliphatic rings. The second kappa shape index (κ2) is 6.99. The third kappa shape index (κ3) is 3.41. The molecule has 0 aliphatic carbocycles. The smallest absolute Gasteiger partial charge is 0.264 e. The molecule has 2 aromatic heterocycles. The number of nitrogens with zero attached hydrogens (tertiary/aromatic N) is 5. The maximum absolute atomic E-state index is 12.8. The molecule has 2 aromatic rings. The van der Waals surface area contributed by atoms with Crippen LogP contribution in [0.2, 0.25) is 0 Å². The van der Waals surface area contributed by atoms with Crippen molar-refractivity contribution in [3.05, 3.63) is 33.5 Å². The lowest BCUT2D eigenvalue weighted by atomic mass is 10.0. The number of thiophene rings is 1. The van der Waals surface area contributed by atoms with Crippen molar-refractivity contribution >= 4 is 27.3 Å². The first kappa shape index (κ1) is 18.6. The predicted molar refractivity (Wildman–Crippen MR) is 102 cm³/mol. The van der Waals surface area contributed by atoms with E-state index in [0.717, 1.165) is 35.5 Å². The number of fused-ring (bicyclic) bond motifs is 1. The number of carbonyl (C=O) groups is 1. The second-order valence-corrected chi connectivity index (χ2v) is 10.0. The Kier molecular flexibility index (Phi) is 4.81. The first-order valence-electron chi connectivity index (χ1n) is 9.08. The summed E-state index contributed by atoms with van der Waals surface area (Å²) < 4.78 is 27.9. The molecule has 4 heterocycles. The number of aryl methyl sites for hydroxylation is 1. The molecule has 0 saturated carbocycles. The van der Waals surface area contributed by atoms with E-state index in [2.05, 4.69) is 10.2 Å². The highest BCUT2D eigenvalue weighted by atomic mass is 32.2. The molecular weight excluding hydrogens is 386 g/mol. The van der Waals surface area contributed by atoms with Gasteiger partial charge in [-0.1, -0.05) is 6.42 Å². The number of hydrogen-bond acceptors (Lipinski definition) is 6. The summed E-state index contributed by atoms with van der Waals surface area (Å²) >= 11 is 1.46. The van der Waals surface area contributed by atoms with E-state index in [-0.39, 0.29) is 11.9 Å². The first-order chi connectivity index (χ1) is 12.9. The van der Waals surface area contributed by atoms with E-state index in [1.165, 1.54) is 17.6 Å². The fourth-order valence-electron chi connectivity index (χ4n) is 3.90. The van der Waals surface area contributed by atoms with Crippen molar-refractivity contribution in [3.8, 4) is 0 Å². The van der Waals surface area contributed by atoms with Crippen LogP contribution in [0.4, 0.5) is 0 Å². The van der Waals surface area contributed by atoms with Gasteiger partial charge in [-0.2, -0.15) is 4.31 Å². The maximum atomic E-state index is 12.8. The van der Waals surface area contributed by atoms with Gasteiger partial charge in [-0.05, 0) is 36.8 Å². The molecule has 0 N–H and O–H groups in total. The van der Waals surface area contributed by atoms with E-state index in [0.29, 0.717) is 32.0 Å². The Morgan fingerprint density at radius 1 is 1.22 bits per heavy atom. The van der Waals surface area contributed by atoms with Gasteiger partial charge in [-0.25, -0.2) is 8.42 Å². The zero-order chi connectivity index (χ0) is 19.2. The summed E-state index contributed by atoms with van der Waals surface area (Å²) in [5.74, 6) is 1.45. The summed E-state index contributed by atoms with van der Waals surface area (Å²) in [6, 6.07) is 1.68. The van der Waals surface area contributed by atoms with Crippen LogP contribution in [-0.2, 0) is 23.1 Å². The number of aromatic nitrogens is 3. The average molecular weight is 410 g/mol. The topological polar surface area (TPSA) is 88.4 Å². The fourth-order valence-corrected chi connectivity index (χ4v) is 5.91. The largest absolute Gasteiger partial charge is 0.329 e. The lowest BCUT2D eigenvalue weighted by Crippen LogP contribution is -2.41. The van der Waals surface area contributed by atoms with Crippen LogP contribution in [0, 0.1) is 6.92 Å². The summed E-state index contributed by atoms with van der Waals surface area (Å²) in [4.78, 5) is 15.3. The fraction of sp³-hybridized carbons (Fsp3) is 0.588. The van der Waals surface area contributed by atoms with Crippen molar-refractivity contribution in [1.82, 2.24) is 24.0 Å². The molecule has 1 atom stereocenters. The molecule has 146 valence electrons. The standard InChI is InChI=1S/C17H23N5O3S2/c1-12-6-10-26-15(12)17(23)20-8-9-21-14(11-20)18-19-16(21)13-5-3-4-7-22(13)27(2,24)25/h6,10,13H,3-5,7-9,11H2,1-2H3/t13-/m0/s1. The molecule has 0 radical (unpaired) electrons. The average Bonchev–Trinajstić information content (AvgIpc) is 3.26. The Hall–Kier alpha value is -1.78. The molecule has 8 nitrogen and oxygen atoms in total. The highest BCUT2D eigenvalue weighted by Gasteiger charge is 2.36. The van der Waals surface area contributed by atoms with Gasteiger partial charge in [0.25, 0.3) is 5.91 Å².